The Hall–Kier alpha value is -3.35. The summed E-state index contributed by atoms with van der Waals surface area (Å²) in [7, 11) is 0. The van der Waals surface area contributed by atoms with E-state index in [-0.39, 0.29) is 36.8 Å². The van der Waals surface area contributed by atoms with Gasteiger partial charge in [0.15, 0.2) is 0 Å². The molecule has 6 rings (SSSR count). The highest BCUT2D eigenvalue weighted by Gasteiger charge is 2.45. The first-order valence-corrected chi connectivity index (χ1v) is 12.1. The van der Waals surface area contributed by atoms with Crippen molar-refractivity contribution >= 4 is 18.0 Å². The van der Waals surface area contributed by atoms with Crippen molar-refractivity contribution in [2.75, 3.05) is 13.2 Å². The maximum absolute atomic E-state index is 12.9. The van der Waals surface area contributed by atoms with Crippen LogP contribution in [0.15, 0.2) is 48.5 Å². The van der Waals surface area contributed by atoms with E-state index in [0.717, 1.165) is 24.0 Å². The maximum Gasteiger partial charge on any atom is 0.407 e. The molecule has 34 heavy (non-hydrogen) atoms. The van der Waals surface area contributed by atoms with Crippen LogP contribution in [0.25, 0.3) is 11.1 Å². The fourth-order valence-corrected chi connectivity index (χ4v) is 6.02. The van der Waals surface area contributed by atoms with Crippen molar-refractivity contribution in [1.29, 1.82) is 0 Å². The number of nitrogens with one attached hydrogen (secondary N) is 1. The second-order valence-corrected chi connectivity index (χ2v) is 9.81. The van der Waals surface area contributed by atoms with E-state index in [0.29, 0.717) is 13.0 Å². The van der Waals surface area contributed by atoms with Crippen LogP contribution in [0.2, 0.25) is 0 Å². The van der Waals surface area contributed by atoms with Crippen LogP contribution in [0.5, 0.6) is 0 Å². The summed E-state index contributed by atoms with van der Waals surface area (Å²) in [5.41, 5.74) is 4.63. The second kappa shape index (κ2) is 9.12. The number of hydrogen-bond acceptors (Lipinski definition) is 4. The quantitative estimate of drug-likeness (QED) is 0.676. The fraction of sp³-hybridized carbons (Fsp3) is 0.444. The van der Waals surface area contributed by atoms with Crippen molar-refractivity contribution in [3.63, 3.8) is 0 Å². The summed E-state index contributed by atoms with van der Waals surface area (Å²) in [5, 5.41) is 12.3. The average Bonchev–Trinajstić information content (AvgIpc) is 3.16. The number of rotatable bonds is 6. The molecule has 2 aliphatic heterocycles. The van der Waals surface area contributed by atoms with Gasteiger partial charge in [-0.1, -0.05) is 48.5 Å². The van der Waals surface area contributed by atoms with Crippen molar-refractivity contribution < 1.29 is 24.2 Å². The van der Waals surface area contributed by atoms with Crippen LogP contribution in [-0.2, 0) is 14.3 Å². The van der Waals surface area contributed by atoms with Crippen molar-refractivity contribution in [3.05, 3.63) is 59.7 Å². The van der Waals surface area contributed by atoms with Crippen molar-refractivity contribution in [2.24, 2.45) is 11.8 Å². The Morgan fingerprint density at radius 2 is 1.71 bits per heavy atom. The molecule has 2 aliphatic carbocycles. The second-order valence-electron chi connectivity index (χ2n) is 9.81. The minimum atomic E-state index is -0.822. The zero-order valence-electron chi connectivity index (χ0n) is 19.3. The highest BCUT2D eigenvalue weighted by Crippen LogP contribution is 2.44. The predicted octanol–water partition coefficient (Wildman–Crippen LogP) is 4.02. The number of piperidine rings is 2. The molecule has 2 amide bonds. The molecule has 3 unspecified atom stereocenters. The number of carboxylic acids is 1. The maximum atomic E-state index is 12.9. The molecule has 2 bridgehead atoms. The number of fused-ring (bicyclic) bond motifs is 6. The lowest BCUT2D eigenvalue weighted by Crippen LogP contribution is -2.57. The first-order valence-electron chi connectivity index (χ1n) is 12.1. The SMILES string of the molecule is C[C@H](CC(=O)N1CC2CCC1C(C(=O)O)C2)NC(=O)OCC1c2ccccc2-c2ccccc21. The summed E-state index contributed by atoms with van der Waals surface area (Å²) in [4.78, 5) is 38.8. The van der Waals surface area contributed by atoms with Gasteiger partial charge in [0.1, 0.15) is 6.61 Å². The molecule has 2 heterocycles. The number of aliphatic carboxylic acids is 1. The lowest BCUT2D eigenvalue weighted by molar-refractivity contribution is -0.155. The van der Waals surface area contributed by atoms with E-state index >= 15 is 0 Å². The van der Waals surface area contributed by atoms with Gasteiger partial charge in [-0.25, -0.2) is 4.79 Å². The van der Waals surface area contributed by atoms with E-state index in [1.807, 2.05) is 24.3 Å². The Bertz CT molecular complexity index is 1070. The predicted molar refractivity (Wildman–Crippen MR) is 126 cm³/mol. The minimum absolute atomic E-state index is 0.0214. The average molecular weight is 463 g/mol. The van der Waals surface area contributed by atoms with Crippen LogP contribution >= 0.6 is 0 Å². The van der Waals surface area contributed by atoms with Gasteiger partial charge in [0.25, 0.3) is 0 Å². The molecule has 7 nitrogen and oxygen atoms in total. The molecule has 2 aromatic rings. The number of nitrogens with zero attached hydrogens (tertiary/aromatic N) is 1. The van der Waals surface area contributed by atoms with Crippen molar-refractivity contribution in [1.82, 2.24) is 10.2 Å². The zero-order valence-corrected chi connectivity index (χ0v) is 19.3. The van der Waals surface area contributed by atoms with E-state index in [1.165, 1.54) is 11.1 Å². The minimum Gasteiger partial charge on any atom is -0.481 e. The van der Waals surface area contributed by atoms with Gasteiger partial charge in [-0.3, -0.25) is 9.59 Å². The Labute approximate surface area is 199 Å². The van der Waals surface area contributed by atoms with Crippen LogP contribution in [0.1, 0.15) is 49.7 Å². The van der Waals surface area contributed by atoms with Gasteiger partial charge in [-0.15, -0.1) is 0 Å². The molecule has 4 atom stereocenters. The molecular formula is C27H30N2O5. The number of ether oxygens (including phenoxy) is 1. The highest BCUT2D eigenvalue weighted by molar-refractivity contribution is 5.81. The third kappa shape index (κ3) is 4.15. The molecule has 178 valence electrons. The molecule has 0 radical (unpaired) electrons. The van der Waals surface area contributed by atoms with Gasteiger partial charge in [-0.05, 0) is 54.4 Å². The van der Waals surface area contributed by atoms with E-state index in [4.69, 9.17) is 4.74 Å². The fourth-order valence-electron chi connectivity index (χ4n) is 6.02. The molecule has 1 saturated carbocycles. The van der Waals surface area contributed by atoms with E-state index in [9.17, 15) is 19.5 Å². The molecule has 2 N–H and O–H groups in total. The summed E-state index contributed by atoms with van der Waals surface area (Å²) in [5.74, 6) is -1.18. The summed E-state index contributed by atoms with van der Waals surface area (Å²) >= 11 is 0. The van der Waals surface area contributed by atoms with Crippen molar-refractivity contribution in [2.45, 2.75) is 50.6 Å². The number of benzene rings is 2. The number of carbonyl (C=O) groups is 3. The number of carboxylic acid groups (broad SMARTS) is 1. The van der Waals surface area contributed by atoms with E-state index in [2.05, 4.69) is 29.6 Å². The lowest BCUT2D eigenvalue weighted by Gasteiger charge is -2.48. The molecule has 7 heteroatoms. The van der Waals surface area contributed by atoms with Gasteiger partial charge in [-0.2, -0.15) is 0 Å². The number of carbonyl (C=O) groups excluding carboxylic acids is 2. The number of amides is 2. The normalized spacial score (nSPS) is 23.7. The lowest BCUT2D eigenvalue weighted by atomic mass is 9.72. The van der Waals surface area contributed by atoms with Gasteiger partial charge in [0, 0.05) is 31.0 Å². The molecule has 0 spiro atoms. The van der Waals surface area contributed by atoms with Crippen LogP contribution in [0, 0.1) is 11.8 Å². The molecule has 0 aromatic heterocycles. The smallest absolute Gasteiger partial charge is 0.407 e. The van der Waals surface area contributed by atoms with Gasteiger partial charge in [0.05, 0.1) is 5.92 Å². The number of alkyl carbamates (subject to hydrolysis) is 1. The summed E-state index contributed by atoms with van der Waals surface area (Å²) in [6, 6.07) is 15.7. The summed E-state index contributed by atoms with van der Waals surface area (Å²) in [6.07, 6.45) is 1.94. The Morgan fingerprint density at radius 3 is 2.32 bits per heavy atom. The van der Waals surface area contributed by atoms with Crippen LogP contribution in [-0.4, -0.2) is 53.2 Å². The molecule has 4 aliphatic rings. The summed E-state index contributed by atoms with van der Waals surface area (Å²) < 4.78 is 5.58. The van der Waals surface area contributed by atoms with E-state index < -0.39 is 24.0 Å². The third-order valence-corrected chi connectivity index (χ3v) is 7.60. The van der Waals surface area contributed by atoms with Crippen LogP contribution in [0.4, 0.5) is 4.79 Å². The number of hydrogen-bond donors (Lipinski definition) is 2. The standard InChI is InChI=1S/C27H30N2O5/c1-16(12-25(30)29-14-17-10-11-24(29)22(13-17)26(31)32)28-27(33)34-15-23-20-8-4-2-6-18(20)19-7-3-5-9-21(19)23/h2-9,16-17,22-24H,10-15H2,1H3,(H,28,33)(H,31,32)/t16-,17?,22?,24?/m1/s1. The first-order chi connectivity index (χ1) is 16.4. The topological polar surface area (TPSA) is 95.9 Å². The molecule has 2 saturated heterocycles. The Balaban J connectivity index is 1.16. The highest BCUT2D eigenvalue weighted by atomic mass is 16.5. The van der Waals surface area contributed by atoms with Gasteiger partial charge in [0.2, 0.25) is 5.91 Å². The molecule has 3 fully saturated rings. The first kappa shape index (κ1) is 22.4. The summed E-state index contributed by atoms with van der Waals surface area (Å²) in [6.45, 7) is 2.61. The Kier molecular flexibility index (Phi) is 6.02. The van der Waals surface area contributed by atoms with Crippen LogP contribution < -0.4 is 5.32 Å². The van der Waals surface area contributed by atoms with Crippen LogP contribution in [0.3, 0.4) is 0 Å². The van der Waals surface area contributed by atoms with Crippen molar-refractivity contribution in [3.8, 4) is 11.1 Å². The van der Waals surface area contributed by atoms with Gasteiger partial charge >= 0.3 is 12.1 Å². The zero-order chi connectivity index (χ0) is 23.8. The monoisotopic (exact) mass is 462 g/mol. The third-order valence-electron chi connectivity index (χ3n) is 7.60. The molecule has 2 aromatic carbocycles. The Morgan fingerprint density at radius 1 is 1.06 bits per heavy atom. The van der Waals surface area contributed by atoms with Gasteiger partial charge < -0.3 is 20.1 Å². The van der Waals surface area contributed by atoms with E-state index in [1.54, 1.807) is 11.8 Å². The largest absolute Gasteiger partial charge is 0.481 e. The molecular weight excluding hydrogens is 432 g/mol.